The Morgan fingerprint density at radius 3 is 2.73 bits per heavy atom. The Balaban J connectivity index is 1.95. The molecule has 0 radical (unpaired) electrons. The molecule has 5 unspecified atom stereocenters. The zero-order chi connectivity index (χ0) is 10.8. The first kappa shape index (κ1) is 10.2. The molecular weight excluding hydrogens is 239 g/mol. The van der Waals surface area contributed by atoms with Gasteiger partial charge in [0.25, 0.3) is 0 Å². The molecule has 1 aliphatic heterocycles. The highest BCUT2D eigenvalue weighted by Gasteiger charge is 2.84. The number of aliphatic hydroxyl groups is 1. The van der Waals surface area contributed by atoms with Crippen molar-refractivity contribution in [1.29, 1.82) is 0 Å². The molecule has 0 amide bonds. The summed E-state index contributed by atoms with van der Waals surface area (Å²) in [5.41, 5.74) is -2.16. The monoisotopic (exact) mass is 250 g/mol. The van der Waals surface area contributed by atoms with Crippen molar-refractivity contribution in [3.05, 3.63) is 0 Å². The van der Waals surface area contributed by atoms with Gasteiger partial charge in [-0.2, -0.15) is 0 Å². The van der Waals surface area contributed by atoms with E-state index in [1.807, 2.05) is 0 Å². The number of aliphatic carboxylic acids is 1. The van der Waals surface area contributed by atoms with Gasteiger partial charge in [-0.25, -0.2) is 9.18 Å². The van der Waals surface area contributed by atoms with Crippen LogP contribution in [0.1, 0.15) is 12.8 Å². The largest absolute Gasteiger partial charge is 0.479 e. The minimum atomic E-state index is -2.16. The van der Waals surface area contributed by atoms with Crippen LogP contribution in [0.5, 0.6) is 0 Å². The fraction of sp³-hybridized carbons (Fsp3) is 0.889. The summed E-state index contributed by atoms with van der Waals surface area (Å²) >= 11 is 0. The van der Waals surface area contributed by atoms with Crippen LogP contribution in [0.3, 0.4) is 0 Å². The maximum atomic E-state index is 14.1. The summed E-state index contributed by atoms with van der Waals surface area (Å²) in [6, 6.07) is 0. The van der Waals surface area contributed by atoms with Crippen molar-refractivity contribution in [3.8, 4) is 0 Å². The lowest BCUT2D eigenvalue weighted by Crippen LogP contribution is -2.36. The van der Waals surface area contributed by atoms with Gasteiger partial charge in [-0.3, -0.25) is 0 Å². The molecule has 3 rings (SSSR count). The van der Waals surface area contributed by atoms with Gasteiger partial charge in [-0.05, 0) is 12.8 Å². The number of carboxylic acids is 1. The molecular formula is C9H11FO3S2. The molecule has 15 heavy (non-hydrogen) atoms. The standard InChI is InChI=1S/C9H11FO3S2/c10-9(7(12)13)5-4(11)3-8(6(5)9)1-2-14-15-8/h4-6,11H,1-3H2,(H,12,13). The van der Waals surface area contributed by atoms with E-state index in [1.54, 1.807) is 21.6 Å². The van der Waals surface area contributed by atoms with Gasteiger partial charge >= 0.3 is 5.97 Å². The van der Waals surface area contributed by atoms with Gasteiger partial charge in [0.05, 0.1) is 6.10 Å². The van der Waals surface area contributed by atoms with E-state index in [2.05, 4.69) is 0 Å². The van der Waals surface area contributed by atoms with Crippen LogP contribution in [0, 0.1) is 11.8 Å². The number of hydrogen-bond acceptors (Lipinski definition) is 4. The van der Waals surface area contributed by atoms with Crippen LogP contribution in [-0.4, -0.2) is 38.5 Å². The minimum Gasteiger partial charge on any atom is -0.479 e. The van der Waals surface area contributed by atoms with E-state index >= 15 is 0 Å². The van der Waals surface area contributed by atoms with Crippen LogP contribution < -0.4 is 0 Å². The molecule has 1 saturated heterocycles. The highest BCUT2D eigenvalue weighted by Crippen LogP contribution is 2.74. The number of alkyl halides is 1. The first-order valence-corrected chi connectivity index (χ1v) is 7.25. The predicted octanol–water partition coefficient (Wildman–Crippen LogP) is 1.31. The summed E-state index contributed by atoms with van der Waals surface area (Å²) in [6.07, 6.45) is 0.598. The number of carboxylic acid groups (broad SMARTS) is 1. The molecule has 2 aliphatic carbocycles. The van der Waals surface area contributed by atoms with Gasteiger partial charge in [-0.1, -0.05) is 21.6 Å². The number of aliphatic hydroxyl groups excluding tert-OH is 1. The zero-order valence-electron chi connectivity index (χ0n) is 7.85. The molecule has 0 aromatic carbocycles. The predicted molar refractivity (Wildman–Crippen MR) is 56.5 cm³/mol. The van der Waals surface area contributed by atoms with E-state index in [1.165, 1.54) is 0 Å². The Morgan fingerprint density at radius 2 is 2.27 bits per heavy atom. The maximum absolute atomic E-state index is 14.1. The Bertz CT molecular complexity index is 331. The van der Waals surface area contributed by atoms with Crippen LogP contribution in [-0.2, 0) is 4.79 Å². The van der Waals surface area contributed by atoms with Crippen molar-refractivity contribution < 1.29 is 19.4 Å². The molecule has 0 aromatic rings. The average Bonchev–Trinajstić information content (AvgIpc) is 2.52. The van der Waals surface area contributed by atoms with Crippen molar-refractivity contribution in [1.82, 2.24) is 0 Å². The van der Waals surface area contributed by atoms with E-state index in [0.717, 1.165) is 12.2 Å². The van der Waals surface area contributed by atoms with E-state index in [9.17, 15) is 14.3 Å². The summed E-state index contributed by atoms with van der Waals surface area (Å²) in [5.74, 6) is -1.61. The highest BCUT2D eigenvalue weighted by atomic mass is 33.1. The Hall–Kier alpha value is 0.0600. The molecule has 84 valence electrons. The summed E-state index contributed by atoms with van der Waals surface area (Å²) in [4.78, 5) is 10.9. The summed E-state index contributed by atoms with van der Waals surface area (Å²) in [7, 11) is 3.24. The van der Waals surface area contributed by atoms with Gasteiger partial charge in [0.15, 0.2) is 0 Å². The molecule has 5 atom stereocenters. The minimum absolute atomic E-state index is 0.318. The molecule has 3 fully saturated rings. The van der Waals surface area contributed by atoms with Crippen molar-refractivity contribution in [2.75, 3.05) is 5.75 Å². The lowest BCUT2D eigenvalue weighted by Gasteiger charge is -2.26. The second-order valence-electron chi connectivity index (χ2n) is 4.57. The maximum Gasteiger partial charge on any atom is 0.342 e. The number of rotatable bonds is 1. The summed E-state index contributed by atoms with van der Waals surface area (Å²) in [6.45, 7) is 0. The van der Waals surface area contributed by atoms with Crippen molar-refractivity contribution in [2.24, 2.45) is 11.8 Å². The van der Waals surface area contributed by atoms with E-state index < -0.39 is 29.6 Å². The van der Waals surface area contributed by atoms with E-state index in [0.29, 0.717) is 6.42 Å². The topological polar surface area (TPSA) is 57.5 Å². The average molecular weight is 250 g/mol. The molecule has 0 aromatic heterocycles. The first-order valence-electron chi connectivity index (χ1n) is 4.93. The summed E-state index contributed by atoms with van der Waals surface area (Å²) in [5, 5.41) is 18.6. The zero-order valence-corrected chi connectivity index (χ0v) is 9.48. The lowest BCUT2D eigenvalue weighted by atomic mass is 9.94. The van der Waals surface area contributed by atoms with Gasteiger partial charge in [0, 0.05) is 22.3 Å². The quantitative estimate of drug-likeness (QED) is 0.687. The van der Waals surface area contributed by atoms with Crippen LogP contribution >= 0.6 is 21.6 Å². The van der Waals surface area contributed by atoms with Crippen LogP contribution in [0.4, 0.5) is 4.39 Å². The molecule has 1 heterocycles. The van der Waals surface area contributed by atoms with Crippen LogP contribution in [0.2, 0.25) is 0 Å². The second kappa shape index (κ2) is 2.84. The Morgan fingerprint density at radius 1 is 1.53 bits per heavy atom. The summed E-state index contributed by atoms with van der Waals surface area (Å²) < 4.78 is 13.8. The third-order valence-corrected chi connectivity index (χ3v) is 7.18. The number of hydrogen-bond donors (Lipinski definition) is 2. The fourth-order valence-electron chi connectivity index (χ4n) is 3.24. The SMILES string of the molecule is O=C(O)C1(F)C2C(O)CC3(CCSS3)C21. The first-order chi connectivity index (χ1) is 7.02. The van der Waals surface area contributed by atoms with Crippen molar-refractivity contribution in [3.63, 3.8) is 0 Å². The molecule has 1 spiro atoms. The van der Waals surface area contributed by atoms with Gasteiger partial charge in [0.2, 0.25) is 5.67 Å². The lowest BCUT2D eigenvalue weighted by molar-refractivity contribution is -0.147. The number of halogens is 1. The van der Waals surface area contributed by atoms with Gasteiger partial charge < -0.3 is 10.2 Å². The molecule has 3 nitrogen and oxygen atoms in total. The van der Waals surface area contributed by atoms with E-state index in [4.69, 9.17) is 5.11 Å². The molecule has 3 aliphatic rings. The van der Waals surface area contributed by atoms with Crippen LogP contribution in [0.15, 0.2) is 0 Å². The van der Waals surface area contributed by atoms with Crippen LogP contribution in [0.25, 0.3) is 0 Å². The molecule has 2 saturated carbocycles. The highest BCUT2D eigenvalue weighted by molar-refractivity contribution is 8.77. The third-order valence-electron chi connectivity index (χ3n) is 3.88. The normalized spacial score (nSPS) is 57.1. The van der Waals surface area contributed by atoms with Crippen molar-refractivity contribution in [2.45, 2.75) is 29.4 Å². The number of fused-ring (bicyclic) bond motifs is 2. The number of carbonyl (C=O) groups is 1. The van der Waals surface area contributed by atoms with Crippen molar-refractivity contribution >= 4 is 27.6 Å². The fourth-order valence-corrected chi connectivity index (χ4v) is 6.95. The second-order valence-corrected chi connectivity index (χ2v) is 7.40. The van der Waals surface area contributed by atoms with Gasteiger partial charge in [-0.15, -0.1) is 0 Å². The third kappa shape index (κ3) is 1.05. The molecule has 6 heteroatoms. The van der Waals surface area contributed by atoms with E-state index in [-0.39, 0.29) is 4.75 Å². The van der Waals surface area contributed by atoms with Gasteiger partial charge in [0.1, 0.15) is 0 Å². The Labute approximate surface area is 94.2 Å². The smallest absolute Gasteiger partial charge is 0.342 e. The molecule has 0 bridgehead atoms. The molecule has 2 N–H and O–H groups in total. The Kier molecular flexibility index (Phi) is 1.94.